The number of nitrogens with zero attached hydrogens (tertiary/aromatic N) is 3. The molecule has 0 aromatic carbocycles. The van der Waals surface area contributed by atoms with Crippen molar-refractivity contribution in [3.05, 3.63) is 18.2 Å². The second-order valence-electron chi connectivity index (χ2n) is 6.37. The zero-order chi connectivity index (χ0) is 14.6. The Balaban J connectivity index is 2.30. The van der Waals surface area contributed by atoms with Crippen LogP contribution in [0.2, 0.25) is 0 Å². The van der Waals surface area contributed by atoms with E-state index in [9.17, 15) is 0 Å². The monoisotopic (exact) mass is 278 g/mol. The first-order chi connectivity index (χ1) is 9.62. The Morgan fingerprint density at radius 1 is 1.30 bits per heavy atom. The molecule has 2 N–H and O–H groups in total. The van der Waals surface area contributed by atoms with E-state index in [1.165, 1.54) is 38.5 Å². The van der Waals surface area contributed by atoms with Gasteiger partial charge >= 0.3 is 0 Å². The lowest BCUT2D eigenvalue weighted by atomic mass is 9.81. The molecule has 0 radical (unpaired) electrons. The smallest absolute Gasteiger partial charge is 0.127 e. The number of nitrogens with two attached hydrogens (primary N) is 1. The summed E-state index contributed by atoms with van der Waals surface area (Å²) < 4.78 is 2.24. The molecule has 0 aliphatic heterocycles. The maximum atomic E-state index is 6.73. The van der Waals surface area contributed by atoms with Crippen LogP contribution in [-0.2, 0) is 6.54 Å². The summed E-state index contributed by atoms with van der Waals surface area (Å²) >= 11 is 0. The first-order valence-corrected chi connectivity index (χ1v) is 8.06. The molecule has 4 heteroatoms. The Bertz CT molecular complexity index is 402. The maximum absolute atomic E-state index is 6.73. The standard InChI is InChI=1S/C16H30N4/c1-4-12-20-13-11-18-15(20)14(17)16(19(2)3)9-7-5-6-8-10-16/h11,13-14H,4-10,12,17H2,1-3H3. The Morgan fingerprint density at radius 3 is 2.50 bits per heavy atom. The normalized spacial score (nSPS) is 20.9. The Kier molecular flexibility index (Phi) is 5.22. The van der Waals surface area contributed by atoms with Crippen molar-refractivity contribution >= 4 is 0 Å². The van der Waals surface area contributed by atoms with E-state index in [0.29, 0.717) is 0 Å². The van der Waals surface area contributed by atoms with E-state index in [4.69, 9.17) is 5.73 Å². The number of rotatable bonds is 5. The van der Waals surface area contributed by atoms with Crippen molar-refractivity contribution in [1.82, 2.24) is 14.5 Å². The topological polar surface area (TPSA) is 47.1 Å². The lowest BCUT2D eigenvalue weighted by Crippen LogP contribution is -2.52. The van der Waals surface area contributed by atoms with Gasteiger partial charge in [0.05, 0.1) is 6.04 Å². The first-order valence-electron chi connectivity index (χ1n) is 8.06. The van der Waals surface area contributed by atoms with Gasteiger partial charge in [0.25, 0.3) is 0 Å². The quantitative estimate of drug-likeness (QED) is 0.842. The highest BCUT2D eigenvalue weighted by Crippen LogP contribution is 2.39. The molecule has 1 saturated carbocycles. The molecule has 1 aliphatic carbocycles. The van der Waals surface area contributed by atoms with Crippen LogP contribution in [0.5, 0.6) is 0 Å². The van der Waals surface area contributed by atoms with Crippen LogP contribution in [0.4, 0.5) is 0 Å². The third-order valence-electron chi connectivity index (χ3n) is 4.93. The minimum absolute atomic E-state index is 0.00264. The Morgan fingerprint density at radius 2 is 1.95 bits per heavy atom. The van der Waals surface area contributed by atoms with E-state index in [1.54, 1.807) is 0 Å². The zero-order valence-corrected chi connectivity index (χ0v) is 13.3. The third kappa shape index (κ3) is 2.91. The van der Waals surface area contributed by atoms with Crippen molar-refractivity contribution in [2.75, 3.05) is 14.1 Å². The summed E-state index contributed by atoms with van der Waals surface area (Å²) in [7, 11) is 4.36. The summed E-state index contributed by atoms with van der Waals surface area (Å²) in [5, 5.41) is 0. The summed E-state index contributed by atoms with van der Waals surface area (Å²) in [6.07, 6.45) is 12.7. The van der Waals surface area contributed by atoms with Crippen molar-refractivity contribution in [1.29, 1.82) is 0 Å². The van der Waals surface area contributed by atoms with Gasteiger partial charge in [-0.2, -0.15) is 0 Å². The molecule has 1 aromatic heterocycles. The largest absolute Gasteiger partial charge is 0.334 e. The van der Waals surface area contributed by atoms with Gasteiger partial charge in [0, 0.05) is 24.5 Å². The van der Waals surface area contributed by atoms with Gasteiger partial charge in [-0.05, 0) is 33.4 Å². The van der Waals surface area contributed by atoms with Gasteiger partial charge < -0.3 is 15.2 Å². The second kappa shape index (κ2) is 6.72. The van der Waals surface area contributed by atoms with E-state index >= 15 is 0 Å². The van der Waals surface area contributed by atoms with E-state index < -0.39 is 0 Å². The number of hydrogen-bond acceptors (Lipinski definition) is 3. The average Bonchev–Trinajstić information content (AvgIpc) is 2.73. The van der Waals surface area contributed by atoms with Crippen molar-refractivity contribution in [2.24, 2.45) is 5.73 Å². The summed E-state index contributed by atoms with van der Waals surface area (Å²) in [5.74, 6) is 1.06. The van der Waals surface area contributed by atoms with Gasteiger partial charge in [0.1, 0.15) is 5.82 Å². The average molecular weight is 278 g/mol. The number of likely N-dealkylation sites (N-methyl/N-ethyl adjacent to an activating group) is 1. The predicted molar refractivity (Wildman–Crippen MR) is 83.6 cm³/mol. The molecule has 1 heterocycles. The van der Waals surface area contributed by atoms with Crippen molar-refractivity contribution in [3.63, 3.8) is 0 Å². The molecular formula is C16H30N4. The van der Waals surface area contributed by atoms with Crippen LogP contribution in [0.3, 0.4) is 0 Å². The zero-order valence-electron chi connectivity index (χ0n) is 13.3. The Hall–Kier alpha value is -0.870. The fraction of sp³-hybridized carbons (Fsp3) is 0.812. The maximum Gasteiger partial charge on any atom is 0.127 e. The molecule has 1 fully saturated rings. The fourth-order valence-corrected chi connectivity index (χ4v) is 3.65. The Labute approximate surface area is 123 Å². The molecule has 2 rings (SSSR count). The molecule has 1 atom stereocenters. The van der Waals surface area contributed by atoms with Gasteiger partial charge in [-0.15, -0.1) is 0 Å². The molecule has 4 nitrogen and oxygen atoms in total. The molecular weight excluding hydrogens is 248 g/mol. The molecule has 1 aliphatic rings. The van der Waals surface area contributed by atoms with Crippen molar-refractivity contribution in [3.8, 4) is 0 Å². The highest BCUT2D eigenvalue weighted by molar-refractivity contribution is 5.10. The van der Waals surface area contributed by atoms with Gasteiger partial charge in [0.15, 0.2) is 0 Å². The first kappa shape index (κ1) is 15.5. The van der Waals surface area contributed by atoms with Crippen LogP contribution < -0.4 is 5.73 Å². The SMILES string of the molecule is CCCn1ccnc1C(N)C1(N(C)C)CCCCCC1. The summed E-state index contributed by atoms with van der Waals surface area (Å²) in [5.41, 5.74) is 6.79. The van der Waals surface area contributed by atoms with E-state index in [0.717, 1.165) is 18.8 Å². The van der Waals surface area contributed by atoms with Crippen LogP contribution in [0, 0.1) is 0 Å². The number of aryl methyl sites for hydroxylation is 1. The molecule has 0 spiro atoms. The van der Waals surface area contributed by atoms with Crippen LogP contribution >= 0.6 is 0 Å². The fourth-order valence-electron chi connectivity index (χ4n) is 3.65. The van der Waals surface area contributed by atoms with Crippen LogP contribution in [0.15, 0.2) is 12.4 Å². The lowest BCUT2D eigenvalue weighted by molar-refractivity contribution is 0.0919. The van der Waals surface area contributed by atoms with Crippen molar-refractivity contribution < 1.29 is 0 Å². The molecule has 20 heavy (non-hydrogen) atoms. The highest BCUT2D eigenvalue weighted by atomic mass is 15.2. The molecule has 1 aromatic rings. The van der Waals surface area contributed by atoms with Gasteiger partial charge in [-0.25, -0.2) is 4.98 Å². The molecule has 114 valence electrons. The van der Waals surface area contributed by atoms with E-state index in [-0.39, 0.29) is 11.6 Å². The van der Waals surface area contributed by atoms with Crippen molar-refractivity contribution in [2.45, 2.75) is 70.0 Å². The number of aromatic nitrogens is 2. The number of hydrogen-bond donors (Lipinski definition) is 1. The third-order valence-corrected chi connectivity index (χ3v) is 4.93. The molecule has 0 bridgehead atoms. The minimum atomic E-state index is -0.00264. The van der Waals surface area contributed by atoms with Crippen LogP contribution in [0.1, 0.15) is 63.7 Å². The second-order valence-corrected chi connectivity index (χ2v) is 6.37. The summed E-state index contributed by atoms with van der Waals surface area (Å²) in [6, 6.07) is -0.00264. The molecule has 0 saturated heterocycles. The number of imidazole rings is 1. The van der Waals surface area contributed by atoms with Crippen LogP contribution in [0.25, 0.3) is 0 Å². The van der Waals surface area contributed by atoms with Gasteiger partial charge in [-0.1, -0.05) is 32.6 Å². The minimum Gasteiger partial charge on any atom is -0.334 e. The van der Waals surface area contributed by atoms with Crippen LogP contribution in [-0.4, -0.2) is 34.1 Å². The molecule has 1 unspecified atom stereocenters. The summed E-state index contributed by atoms with van der Waals surface area (Å²) in [6.45, 7) is 3.20. The van der Waals surface area contributed by atoms with E-state index in [2.05, 4.69) is 41.7 Å². The predicted octanol–water partition coefficient (Wildman–Crippen LogP) is 2.95. The highest BCUT2D eigenvalue weighted by Gasteiger charge is 2.41. The van der Waals surface area contributed by atoms with E-state index in [1.807, 2.05) is 6.20 Å². The van der Waals surface area contributed by atoms with Gasteiger partial charge in [0.2, 0.25) is 0 Å². The summed E-state index contributed by atoms with van der Waals surface area (Å²) in [4.78, 5) is 6.93. The molecule has 0 amide bonds. The van der Waals surface area contributed by atoms with Gasteiger partial charge in [-0.3, -0.25) is 0 Å². The lowest BCUT2D eigenvalue weighted by Gasteiger charge is -2.44.